The Morgan fingerprint density at radius 1 is 1.21 bits per heavy atom. The Labute approximate surface area is 171 Å². The number of hydrogen-bond donors (Lipinski definition) is 2. The summed E-state index contributed by atoms with van der Waals surface area (Å²) in [5.74, 6) is 1.31. The molecule has 156 valence electrons. The molecule has 0 bridgehead atoms. The summed E-state index contributed by atoms with van der Waals surface area (Å²) in [5.41, 5.74) is 1.43. The van der Waals surface area contributed by atoms with Crippen LogP contribution in [0.4, 0.5) is 0 Å². The van der Waals surface area contributed by atoms with Crippen LogP contribution < -0.4 is 20.1 Å². The predicted octanol–water partition coefficient (Wildman–Crippen LogP) is 3.07. The van der Waals surface area contributed by atoms with Crippen molar-refractivity contribution in [2.24, 2.45) is 0 Å². The van der Waals surface area contributed by atoms with E-state index >= 15 is 0 Å². The number of ether oxygens (including phenoxy) is 2. The van der Waals surface area contributed by atoms with Crippen molar-refractivity contribution in [2.75, 3.05) is 20.2 Å². The van der Waals surface area contributed by atoms with Crippen molar-refractivity contribution in [3.63, 3.8) is 0 Å². The standard InChI is InChI=1S/C22H30N4O3/c1-28-20-9-8-16(13-21(20)29-18-6-2-3-7-18)14-24-22(27)19-10-12-26(25-19)17-5-4-11-23-15-17/h8-10,12-13,17-18,23H,2-7,11,14-15H2,1H3,(H,24,27). The van der Waals surface area contributed by atoms with Crippen LogP contribution in [0, 0.1) is 0 Å². The number of piperidine rings is 1. The van der Waals surface area contributed by atoms with E-state index in [4.69, 9.17) is 9.47 Å². The molecule has 1 aromatic carbocycles. The minimum absolute atomic E-state index is 0.165. The highest BCUT2D eigenvalue weighted by Gasteiger charge is 2.20. The molecule has 2 N–H and O–H groups in total. The van der Waals surface area contributed by atoms with E-state index in [1.54, 1.807) is 13.2 Å². The fourth-order valence-electron chi connectivity index (χ4n) is 4.10. The zero-order chi connectivity index (χ0) is 20.1. The summed E-state index contributed by atoms with van der Waals surface area (Å²) in [6.45, 7) is 2.37. The van der Waals surface area contributed by atoms with E-state index < -0.39 is 0 Å². The molecule has 0 radical (unpaired) electrons. The lowest BCUT2D eigenvalue weighted by atomic mass is 10.1. The van der Waals surface area contributed by atoms with Gasteiger partial charge in [-0.2, -0.15) is 5.10 Å². The lowest BCUT2D eigenvalue weighted by Gasteiger charge is -2.22. The van der Waals surface area contributed by atoms with Gasteiger partial charge in [0.2, 0.25) is 0 Å². The molecule has 1 saturated carbocycles. The van der Waals surface area contributed by atoms with Crippen LogP contribution in [-0.4, -0.2) is 42.0 Å². The van der Waals surface area contributed by atoms with Crippen LogP contribution in [0.25, 0.3) is 0 Å². The van der Waals surface area contributed by atoms with Crippen LogP contribution in [-0.2, 0) is 6.54 Å². The maximum Gasteiger partial charge on any atom is 0.272 e. The first-order valence-corrected chi connectivity index (χ1v) is 10.6. The van der Waals surface area contributed by atoms with Crippen LogP contribution in [0.5, 0.6) is 11.5 Å². The number of nitrogens with one attached hydrogen (secondary N) is 2. The quantitative estimate of drug-likeness (QED) is 0.750. The topological polar surface area (TPSA) is 77.4 Å². The maximum absolute atomic E-state index is 12.5. The van der Waals surface area contributed by atoms with Crippen molar-refractivity contribution < 1.29 is 14.3 Å². The van der Waals surface area contributed by atoms with Gasteiger partial charge >= 0.3 is 0 Å². The molecule has 2 aliphatic rings. The summed E-state index contributed by atoms with van der Waals surface area (Å²) in [6, 6.07) is 7.92. The van der Waals surface area contributed by atoms with Gasteiger partial charge in [-0.15, -0.1) is 0 Å². The number of benzene rings is 1. The lowest BCUT2D eigenvalue weighted by Crippen LogP contribution is -2.32. The number of nitrogens with zero attached hydrogens (tertiary/aromatic N) is 2. The second-order valence-electron chi connectivity index (χ2n) is 7.87. The van der Waals surface area contributed by atoms with Gasteiger partial charge in [-0.1, -0.05) is 6.07 Å². The number of aromatic nitrogens is 2. The average Bonchev–Trinajstić information content (AvgIpc) is 3.45. The number of carbonyl (C=O) groups excluding carboxylic acids is 1. The molecule has 7 nitrogen and oxygen atoms in total. The molecule has 1 saturated heterocycles. The predicted molar refractivity (Wildman–Crippen MR) is 110 cm³/mol. The van der Waals surface area contributed by atoms with Gasteiger partial charge in [-0.25, -0.2) is 0 Å². The lowest BCUT2D eigenvalue weighted by molar-refractivity contribution is 0.0944. The highest BCUT2D eigenvalue weighted by molar-refractivity contribution is 5.92. The third-order valence-electron chi connectivity index (χ3n) is 5.76. The normalized spacial score (nSPS) is 19.8. The molecule has 29 heavy (non-hydrogen) atoms. The Morgan fingerprint density at radius 3 is 2.83 bits per heavy atom. The first-order valence-electron chi connectivity index (χ1n) is 10.6. The van der Waals surface area contributed by atoms with Crippen LogP contribution in [0.15, 0.2) is 30.5 Å². The van der Waals surface area contributed by atoms with Crippen molar-refractivity contribution in [2.45, 2.75) is 57.2 Å². The van der Waals surface area contributed by atoms with Crippen molar-refractivity contribution >= 4 is 5.91 Å². The van der Waals surface area contributed by atoms with Gasteiger partial charge in [0.25, 0.3) is 5.91 Å². The van der Waals surface area contributed by atoms with E-state index in [0.717, 1.165) is 55.8 Å². The smallest absolute Gasteiger partial charge is 0.272 e. The van der Waals surface area contributed by atoms with Gasteiger partial charge in [0.1, 0.15) is 5.69 Å². The first kappa shape index (κ1) is 19.8. The largest absolute Gasteiger partial charge is 0.493 e. The summed E-state index contributed by atoms with van der Waals surface area (Å²) >= 11 is 0. The Balaban J connectivity index is 1.36. The Hall–Kier alpha value is -2.54. The summed E-state index contributed by atoms with van der Waals surface area (Å²) in [6.07, 6.45) is 8.98. The molecule has 0 spiro atoms. The fourth-order valence-corrected chi connectivity index (χ4v) is 4.10. The fraction of sp³-hybridized carbons (Fsp3) is 0.545. The van der Waals surface area contributed by atoms with E-state index in [9.17, 15) is 4.79 Å². The molecule has 1 amide bonds. The molecule has 1 aliphatic carbocycles. The molecule has 2 heterocycles. The second kappa shape index (κ2) is 9.31. The molecule has 1 unspecified atom stereocenters. The Bertz CT molecular complexity index is 823. The first-order chi connectivity index (χ1) is 14.2. The van der Waals surface area contributed by atoms with Gasteiger partial charge < -0.3 is 20.1 Å². The zero-order valence-electron chi connectivity index (χ0n) is 17.0. The summed E-state index contributed by atoms with van der Waals surface area (Å²) < 4.78 is 13.5. The highest BCUT2D eigenvalue weighted by Crippen LogP contribution is 2.32. The molecule has 1 atom stereocenters. The monoisotopic (exact) mass is 398 g/mol. The van der Waals surface area contributed by atoms with Gasteiger partial charge in [-0.05, 0) is 68.8 Å². The summed E-state index contributed by atoms with van der Waals surface area (Å²) in [4.78, 5) is 12.5. The molecular weight excluding hydrogens is 368 g/mol. The van der Waals surface area contributed by atoms with Crippen LogP contribution in [0.3, 0.4) is 0 Å². The van der Waals surface area contributed by atoms with E-state index in [0.29, 0.717) is 18.3 Å². The number of carbonyl (C=O) groups is 1. The molecular formula is C22H30N4O3. The second-order valence-corrected chi connectivity index (χ2v) is 7.87. The third kappa shape index (κ3) is 4.90. The minimum Gasteiger partial charge on any atom is -0.493 e. The van der Waals surface area contributed by atoms with Crippen molar-refractivity contribution in [1.29, 1.82) is 0 Å². The molecule has 4 rings (SSSR count). The third-order valence-corrected chi connectivity index (χ3v) is 5.76. The maximum atomic E-state index is 12.5. The molecule has 2 aromatic rings. The number of hydrogen-bond acceptors (Lipinski definition) is 5. The molecule has 2 fully saturated rings. The van der Waals surface area contributed by atoms with E-state index in [2.05, 4.69) is 15.7 Å². The Kier molecular flexibility index (Phi) is 6.34. The van der Waals surface area contributed by atoms with Crippen molar-refractivity contribution in [3.05, 3.63) is 41.7 Å². The van der Waals surface area contributed by atoms with Crippen LogP contribution in [0.2, 0.25) is 0 Å². The number of methoxy groups -OCH3 is 1. The van der Waals surface area contributed by atoms with E-state index in [1.807, 2.05) is 29.1 Å². The SMILES string of the molecule is COc1ccc(CNC(=O)c2ccn(C3CCCNC3)n2)cc1OC1CCCC1. The van der Waals surface area contributed by atoms with Crippen molar-refractivity contribution in [3.8, 4) is 11.5 Å². The van der Waals surface area contributed by atoms with Gasteiger partial charge in [0.05, 0.1) is 19.3 Å². The van der Waals surface area contributed by atoms with Crippen molar-refractivity contribution in [1.82, 2.24) is 20.4 Å². The van der Waals surface area contributed by atoms with E-state index in [-0.39, 0.29) is 12.0 Å². The Morgan fingerprint density at radius 2 is 2.07 bits per heavy atom. The average molecular weight is 399 g/mol. The molecule has 1 aliphatic heterocycles. The van der Waals surface area contributed by atoms with Gasteiger partial charge in [0.15, 0.2) is 11.5 Å². The van der Waals surface area contributed by atoms with Gasteiger partial charge in [0, 0.05) is 19.3 Å². The van der Waals surface area contributed by atoms with E-state index in [1.165, 1.54) is 12.8 Å². The van der Waals surface area contributed by atoms with Gasteiger partial charge in [-0.3, -0.25) is 9.48 Å². The van der Waals surface area contributed by atoms with Crippen LogP contribution in [0.1, 0.15) is 60.6 Å². The number of amides is 1. The summed E-state index contributed by atoms with van der Waals surface area (Å²) in [5, 5.41) is 10.8. The highest BCUT2D eigenvalue weighted by atomic mass is 16.5. The molecule has 1 aromatic heterocycles. The summed E-state index contributed by atoms with van der Waals surface area (Å²) in [7, 11) is 1.65. The molecule has 7 heteroatoms. The van der Waals surface area contributed by atoms with Crippen LogP contribution >= 0.6 is 0 Å². The number of rotatable bonds is 7. The zero-order valence-corrected chi connectivity index (χ0v) is 17.0. The minimum atomic E-state index is -0.165.